The predicted octanol–water partition coefficient (Wildman–Crippen LogP) is 6.20. The van der Waals surface area contributed by atoms with Crippen molar-refractivity contribution in [3.8, 4) is 5.75 Å². The summed E-state index contributed by atoms with van der Waals surface area (Å²) in [5.41, 5.74) is 1.51. The third-order valence-corrected chi connectivity index (χ3v) is 6.28. The first-order valence-corrected chi connectivity index (χ1v) is 11.9. The Hall–Kier alpha value is -3.71. The van der Waals surface area contributed by atoms with E-state index in [1.54, 1.807) is 36.5 Å². The molecule has 1 amide bonds. The zero-order valence-corrected chi connectivity index (χ0v) is 21.1. The van der Waals surface area contributed by atoms with Gasteiger partial charge in [-0.1, -0.05) is 38.4 Å². The summed E-state index contributed by atoms with van der Waals surface area (Å²) in [5.74, 6) is -2.04. The van der Waals surface area contributed by atoms with Gasteiger partial charge in [-0.15, -0.1) is 0 Å². The topological polar surface area (TPSA) is 79.7 Å². The normalized spacial score (nSPS) is 17.5. The molecule has 0 bridgehead atoms. The van der Waals surface area contributed by atoms with E-state index in [4.69, 9.17) is 16.3 Å². The molecule has 1 aromatic heterocycles. The fourth-order valence-electron chi connectivity index (χ4n) is 4.29. The van der Waals surface area contributed by atoms with E-state index in [0.29, 0.717) is 23.5 Å². The van der Waals surface area contributed by atoms with Crippen molar-refractivity contribution in [2.24, 2.45) is 0 Å². The molecule has 186 valence electrons. The Morgan fingerprint density at radius 2 is 1.92 bits per heavy atom. The molecule has 1 unspecified atom stereocenters. The van der Waals surface area contributed by atoms with Gasteiger partial charge >= 0.3 is 0 Å². The number of rotatable bonds is 5. The Balaban J connectivity index is 1.94. The second-order valence-electron chi connectivity index (χ2n) is 9.45. The van der Waals surface area contributed by atoms with E-state index in [-0.39, 0.29) is 27.5 Å². The van der Waals surface area contributed by atoms with Crippen LogP contribution in [0.25, 0.3) is 5.76 Å². The van der Waals surface area contributed by atoms with Crippen LogP contribution in [0.15, 0.2) is 66.5 Å². The summed E-state index contributed by atoms with van der Waals surface area (Å²) in [6.07, 6.45) is 3.08. The molecular weight excluding hydrogens is 483 g/mol. The molecule has 1 aliphatic rings. The maximum Gasteiger partial charge on any atom is 0.300 e. The number of benzene rings is 2. The number of carbonyl (C=O) groups excluding carboxylic acids is 2. The summed E-state index contributed by atoms with van der Waals surface area (Å²) < 4.78 is 19.6. The van der Waals surface area contributed by atoms with E-state index < -0.39 is 23.5 Å². The zero-order chi connectivity index (χ0) is 26.2. The van der Waals surface area contributed by atoms with Crippen LogP contribution in [0, 0.1) is 5.82 Å². The van der Waals surface area contributed by atoms with Crippen LogP contribution >= 0.6 is 11.6 Å². The molecule has 0 saturated carbocycles. The second-order valence-corrected chi connectivity index (χ2v) is 9.86. The number of ether oxygens (including phenoxy) is 1. The van der Waals surface area contributed by atoms with Gasteiger partial charge in [-0.3, -0.25) is 19.5 Å². The minimum atomic E-state index is -0.995. The number of amides is 1. The van der Waals surface area contributed by atoms with Gasteiger partial charge in [-0.05, 0) is 60.4 Å². The van der Waals surface area contributed by atoms with E-state index in [0.717, 1.165) is 11.6 Å². The lowest BCUT2D eigenvalue weighted by Gasteiger charge is -2.26. The molecule has 1 fully saturated rings. The van der Waals surface area contributed by atoms with Crippen molar-refractivity contribution < 1.29 is 23.8 Å². The molecule has 3 aromatic rings. The number of pyridine rings is 1. The summed E-state index contributed by atoms with van der Waals surface area (Å²) in [6, 6.07) is 11.3. The van der Waals surface area contributed by atoms with Gasteiger partial charge in [0.1, 0.15) is 17.3 Å². The number of nitrogens with zero attached hydrogens (tertiary/aromatic N) is 2. The standard InChI is InChI=1S/C28H26ClFN2O4/c1-5-36-22-11-8-16(13-19(22)28(2,3)4)25(33)23-24(17-7-6-12-31-15-17)32(27(35)26(23)34)18-9-10-21(30)20(29)14-18/h6-15,24,33H,5H2,1-4H3/b25-23-. The van der Waals surface area contributed by atoms with E-state index in [2.05, 4.69) is 4.98 Å². The van der Waals surface area contributed by atoms with Gasteiger partial charge in [0.2, 0.25) is 0 Å². The van der Waals surface area contributed by atoms with Gasteiger partial charge < -0.3 is 9.84 Å². The fraction of sp³-hybridized carbons (Fsp3) is 0.250. The van der Waals surface area contributed by atoms with Crippen LogP contribution in [0.3, 0.4) is 0 Å². The molecule has 0 aliphatic carbocycles. The Morgan fingerprint density at radius 3 is 2.53 bits per heavy atom. The highest BCUT2D eigenvalue weighted by Crippen LogP contribution is 2.43. The lowest BCUT2D eigenvalue weighted by atomic mass is 9.84. The van der Waals surface area contributed by atoms with E-state index >= 15 is 0 Å². The Morgan fingerprint density at radius 1 is 1.17 bits per heavy atom. The number of aliphatic hydroxyl groups is 1. The van der Waals surface area contributed by atoms with E-state index in [9.17, 15) is 19.1 Å². The number of aliphatic hydroxyl groups excluding tert-OH is 1. The molecule has 1 aliphatic heterocycles. The first-order chi connectivity index (χ1) is 17.0. The van der Waals surface area contributed by atoms with E-state index in [1.807, 2.05) is 27.7 Å². The molecule has 6 nitrogen and oxygen atoms in total. The van der Waals surface area contributed by atoms with Crippen LogP contribution in [-0.2, 0) is 15.0 Å². The minimum absolute atomic E-state index is 0.0996. The number of ketones is 1. The van der Waals surface area contributed by atoms with Crippen molar-refractivity contribution in [1.29, 1.82) is 0 Å². The average Bonchev–Trinajstić information content (AvgIpc) is 3.11. The van der Waals surface area contributed by atoms with Crippen molar-refractivity contribution in [1.82, 2.24) is 4.98 Å². The van der Waals surface area contributed by atoms with Gasteiger partial charge in [0.25, 0.3) is 11.7 Å². The van der Waals surface area contributed by atoms with Gasteiger partial charge in [-0.25, -0.2) is 4.39 Å². The van der Waals surface area contributed by atoms with Gasteiger partial charge in [0.05, 0.1) is 23.2 Å². The molecule has 1 saturated heterocycles. The SMILES string of the molecule is CCOc1ccc(/C(O)=C2/C(=O)C(=O)N(c3ccc(F)c(Cl)c3)C2c2cccnc2)cc1C(C)(C)C. The maximum atomic E-state index is 13.9. The first-order valence-electron chi connectivity index (χ1n) is 11.5. The van der Waals surface area contributed by atoms with E-state index in [1.165, 1.54) is 23.2 Å². The average molecular weight is 509 g/mol. The lowest BCUT2D eigenvalue weighted by Crippen LogP contribution is -2.29. The van der Waals surface area contributed by atoms with Crippen molar-refractivity contribution in [3.05, 3.63) is 94.0 Å². The molecular formula is C28H26ClFN2O4. The summed E-state index contributed by atoms with van der Waals surface area (Å²) in [4.78, 5) is 31.9. The molecule has 0 radical (unpaired) electrons. The third kappa shape index (κ3) is 4.58. The van der Waals surface area contributed by atoms with Crippen LogP contribution in [0.1, 0.15) is 50.4 Å². The van der Waals surface area contributed by atoms with Crippen molar-refractivity contribution in [2.75, 3.05) is 11.5 Å². The smallest absolute Gasteiger partial charge is 0.300 e. The highest BCUT2D eigenvalue weighted by Gasteiger charge is 2.47. The highest BCUT2D eigenvalue weighted by atomic mass is 35.5. The Kier molecular flexibility index (Phi) is 6.87. The summed E-state index contributed by atoms with van der Waals surface area (Å²) >= 11 is 5.98. The molecule has 1 atom stereocenters. The Bertz CT molecular complexity index is 1370. The number of carbonyl (C=O) groups is 2. The quantitative estimate of drug-likeness (QED) is 0.252. The number of anilines is 1. The number of halogens is 2. The largest absolute Gasteiger partial charge is 0.507 e. The summed E-state index contributed by atoms with van der Waals surface area (Å²) in [7, 11) is 0. The van der Waals surface area contributed by atoms with Crippen molar-refractivity contribution in [3.63, 3.8) is 0 Å². The van der Waals surface area contributed by atoms with Crippen LogP contribution < -0.4 is 9.64 Å². The van der Waals surface area contributed by atoms with Crippen molar-refractivity contribution >= 4 is 34.7 Å². The second kappa shape index (κ2) is 9.74. The molecule has 0 spiro atoms. The predicted molar refractivity (Wildman–Crippen MR) is 137 cm³/mol. The minimum Gasteiger partial charge on any atom is -0.507 e. The number of hydrogen-bond donors (Lipinski definition) is 1. The third-order valence-electron chi connectivity index (χ3n) is 5.99. The maximum absolute atomic E-state index is 13.9. The number of aromatic nitrogens is 1. The van der Waals surface area contributed by atoms with Crippen LogP contribution in [0.4, 0.5) is 10.1 Å². The monoisotopic (exact) mass is 508 g/mol. The molecule has 1 N–H and O–H groups in total. The summed E-state index contributed by atoms with van der Waals surface area (Å²) in [6.45, 7) is 8.41. The van der Waals surface area contributed by atoms with Crippen LogP contribution in [-0.4, -0.2) is 28.4 Å². The van der Waals surface area contributed by atoms with Crippen LogP contribution in [0.5, 0.6) is 5.75 Å². The van der Waals surface area contributed by atoms with Gasteiger partial charge in [0.15, 0.2) is 0 Å². The van der Waals surface area contributed by atoms with Crippen molar-refractivity contribution in [2.45, 2.75) is 39.2 Å². The number of hydrogen-bond acceptors (Lipinski definition) is 5. The molecule has 36 heavy (non-hydrogen) atoms. The highest BCUT2D eigenvalue weighted by molar-refractivity contribution is 6.51. The summed E-state index contributed by atoms with van der Waals surface area (Å²) in [5, 5.41) is 11.3. The van der Waals surface area contributed by atoms with Crippen LogP contribution in [0.2, 0.25) is 5.02 Å². The lowest BCUT2D eigenvalue weighted by molar-refractivity contribution is -0.132. The Labute approximate surface area is 214 Å². The molecule has 2 heterocycles. The van der Waals surface area contributed by atoms with Gasteiger partial charge in [0, 0.05) is 29.2 Å². The number of Topliss-reactive ketones (excluding diaryl/α,β-unsaturated/α-hetero) is 1. The fourth-order valence-corrected chi connectivity index (χ4v) is 4.46. The molecule has 4 rings (SSSR count). The molecule has 2 aromatic carbocycles. The first kappa shape index (κ1) is 25.4. The zero-order valence-electron chi connectivity index (χ0n) is 20.4. The molecule has 8 heteroatoms. The van der Waals surface area contributed by atoms with Gasteiger partial charge in [-0.2, -0.15) is 0 Å².